The van der Waals surface area contributed by atoms with Crippen LogP contribution in [0.25, 0.3) is 0 Å². The summed E-state index contributed by atoms with van der Waals surface area (Å²) in [6.07, 6.45) is 1.25. The molecule has 2 N–H and O–H groups in total. The van der Waals surface area contributed by atoms with Gasteiger partial charge in [0.25, 0.3) is 0 Å². The van der Waals surface area contributed by atoms with Crippen molar-refractivity contribution in [3.8, 4) is 0 Å². The highest BCUT2D eigenvalue weighted by molar-refractivity contribution is 7.11. The lowest BCUT2D eigenvalue weighted by molar-refractivity contribution is 0.614. The summed E-state index contributed by atoms with van der Waals surface area (Å²) in [6.45, 7) is 2.55. The number of thiazole rings is 1. The van der Waals surface area contributed by atoms with Gasteiger partial charge in [0.2, 0.25) is 0 Å². The van der Waals surface area contributed by atoms with Crippen molar-refractivity contribution in [2.24, 2.45) is 5.73 Å². The van der Waals surface area contributed by atoms with Gasteiger partial charge in [0.05, 0.1) is 10.7 Å². The number of aromatic nitrogens is 1. The van der Waals surface area contributed by atoms with Crippen LogP contribution in [0.4, 0.5) is 4.39 Å². The average molecular weight is 285 g/mol. The maximum absolute atomic E-state index is 13.7. The topological polar surface area (TPSA) is 38.9 Å². The van der Waals surface area contributed by atoms with Crippen LogP contribution in [0.2, 0.25) is 5.02 Å². The molecule has 0 saturated carbocycles. The first-order valence-electron chi connectivity index (χ1n) is 5.70. The normalized spacial score (nSPS) is 10.9. The molecule has 0 atom stereocenters. The molecule has 0 aliphatic rings. The number of halogens is 2. The van der Waals surface area contributed by atoms with Crippen LogP contribution >= 0.6 is 22.9 Å². The molecule has 1 aromatic carbocycles. The van der Waals surface area contributed by atoms with Gasteiger partial charge in [-0.1, -0.05) is 17.7 Å². The van der Waals surface area contributed by atoms with Crippen LogP contribution in [-0.2, 0) is 12.8 Å². The Balaban J connectivity index is 2.26. The molecule has 0 amide bonds. The second-order valence-corrected chi connectivity index (χ2v) is 5.61. The summed E-state index contributed by atoms with van der Waals surface area (Å²) in [5, 5.41) is 1.33. The van der Waals surface area contributed by atoms with Gasteiger partial charge in [0.15, 0.2) is 0 Å². The fraction of sp³-hybridized carbons (Fsp3) is 0.308. The number of nitrogens with two attached hydrogens (primary N) is 1. The number of hydrogen-bond donors (Lipinski definition) is 1. The van der Waals surface area contributed by atoms with Crippen LogP contribution in [0.5, 0.6) is 0 Å². The predicted octanol–water partition coefficient (Wildman–Crippen LogP) is 3.34. The lowest BCUT2D eigenvalue weighted by Gasteiger charge is -2.02. The molecule has 0 aliphatic carbocycles. The largest absolute Gasteiger partial charge is 0.330 e. The fourth-order valence-electron chi connectivity index (χ4n) is 1.78. The Kier molecular flexibility index (Phi) is 4.32. The molecule has 0 saturated heterocycles. The first-order valence-corrected chi connectivity index (χ1v) is 6.89. The van der Waals surface area contributed by atoms with Crippen molar-refractivity contribution in [2.75, 3.05) is 6.54 Å². The van der Waals surface area contributed by atoms with E-state index >= 15 is 0 Å². The Morgan fingerprint density at radius 1 is 1.44 bits per heavy atom. The Morgan fingerprint density at radius 2 is 2.22 bits per heavy atom. The minimum absolute atomic E-state index is 0.282. The summed E-state index contributed by atoms with van der Waals surface area (Å²) >= 11 is 7.58. The van der Waals surface area contributed by atoms with Crippen LogP contribution in [0.15, 0.2) is 18.2 Å². The van der Waals surface area contributed by atoms with Crippen molar-refractivity contribution in [1.29, 1.82) is 0 Å². The molecule has 0 radical (unpaired) electrons. The Bertz CT molecular complexity index is 534. The summed E-state index contributed by atoms with van der Waals surface area (Å²) in [4.78, 5) is 5.61. The van der Waals surface area contributed by atoms with E-state index in [-0.39, 0.29) is 5.82 Å². The van der Waals surface area contributed by atoms with Crippen LogP contribution in [0, 0.1) is 12.7 Å². The van der Waals surface area contributed by atoms with Gasteiger partial charge in [0, 0.05) is 21.9 Å². The number of nitrogens with zero attached hydrogens (tertiary/aromatic N) is 1. The van der Waals surface area contributed by atoms with Crippen molar-refractivity contribution >= 4 is 22.9 Å². The van der Waals surface area contributed by atoms with Crippen molar-refractivity contribution in [1.82, 2.24) is 4.98 Å². The Labute approximate surface area is 115 Å². The molecule has 1 heterocycles. The van der Waals surface area contributed by atoms with E-state index in [1.54, 1.807) is 23.5 Å². The molecule has 2 nitrogen and oxygen atoms in total. The van der Waals surface area contributed by atoms with Crippen LogP contribution in [0.1, 0.15) is 21.1 Å². The van der Waals surface area contributed by atoms with Crippen LogP contribution in [0.3, 0.4) is 0 Å². The highest BCUT2D eigenvalue weighted by atomic mass is 35.5. The van der Waals surface area contributed by atoms with Gasteiger partial charge < -0.3 is 5.73 Å². The minimum Gasteiger partial charge on any atom is -0.330 e. The molecule has 0 fully saturated rings. The first-order chi connectivity index (χ1) is 8.61. The second kappa shape index (κ2) is 5.78. The van der Waals surface area contributed by atoms with E-state index in [0.29, 0.717) is 23.6 Å². The lowest BCUT2D eigenvalue weighted by Crippen LogP contribution is -2.01. The summed E-state index contributed by atoms with van der Waals surface area (Å²) in [6, 6.07) is 4.72. The first kappa shape index (κ1) is 13.5. The maximum Gasteiger partial charge on any atom is 0.128 e. The molecule has 2 aromatic rings. The third kappa shape index (κ3) is 2.88. The minimum atomic E-state index is -0.282. The molecule has 0 bridgehead atoms. The third-order valence-corrected chi connectivity index (χ3v) is 4.27. The molecule has 2 rings (SSSR count). The van der Waals surface area contributed by atoms with E-state index in [1.165, 1.54) is 10.9 Å². The number of hydrogen-bond acceptors (Lipinski definition) is 3. The monoisotopic (exact) mass is 284 g/mol. The zero-order valence-electron chi connectivity index (χ0n) is 10.0. The summed E-state index contributed by atoms with van der Waals surface area (Å²) in [5.74, 6) is -0.282. The molecular formula is C13H14ClFN2S. The molecule has 96 valence electrons. The van der Waals surface area contributed by atoms with E-state index in [1.807, 2.05) is 6.92 Å². The maximum atomic E-state index is 13.7. The molecule has 0 aliphatic heterocycles. The van der Waals surface area contributed by atoms with Gasteiger partial charge in [-0.05, 0) is 32.0 Å². The SMILES string of the molecule is Cc1nc(Cc2c(F)cccc2Cl)sc1CCN. The predicted molar refractivity (Wildman–Crippen MR) is 73.8 cm³/mol. The third-order valence-electron chi connectivity index (χ3n) is 2.70. The van der Waals surface area contributed by atoms with Crippen molar-refractivity contribution < 1.29 is 4.39 Å². The van der Waals surface area contributed by atoms with Gasteiger partial charge >= 0.3 is 0 Å². The molecule has 18 heavy (non-hydrogen) atoms. The Hall–Kier alpha value is -0.970. The van der Waals surface area contributed by atoms with E-state index in [4.69, 9.17) is 17.3 Å². The molecule has 5 heteroatoms. The molecular weight excluding hydrogens is 271 g/mol. The highest BCUT2D eigenvalue weighted by Gasteiger charge is 2.12. The van der Waals surface area contributed by atoms with Crippen molar-refractivity contribution in [3.05, 3.63) is 50.2 Å². The van der Waals surface area contributed by atoms with Crippen molar-refractivity contribution in [3.63, 3.8) is 0 Å². The summed E-state index contributed by atoms with van der Waals surface area (Å²) in [7, 11) is 0. The van der Waals surface area contributed by atoms with Crippen molar-refractivity contribution in [2.45, 2.75) is 19.8 Å². The molecule has 1 aromatic heterocycles. The standard InChI is InChI=1S/C13H14ClFN2S/c1-8-12(5-6-16)18-13(17-8)7-9-10(14)3-2-4-11(9)15/h2-4H,5-7,16H2,1H3. The molecule has 0 spiro atoms. The van der Waals surface area contributed by atoms with Crippen LogP contribution in [-0.4, -0.2) is 11.5 Å². The summed E-state index contributed by atoms with van der Waals surface area (Å²) < 4.78 is 13.7. The van der Waals surface area contributed by atoms with E-state index in [0.717, 1.165) is 17.1 Å². The highest BCUT2D eigenvalue weighted by Crippen LogP contribution is 2.26. The quantitative estimate of drug-likeness (QED) is 0.935. The molecule has 0 unspecified atom stereocenters. The zero-order chi connectivity index (χ0) is 13.1. The fourth-order valence-corrected chi connectivity index (χ4v) is 3.11. The van der Waals surface area contributed by atoms with Gasteiger partial charge in [-0.15, -0.1) is 11.3 Å². The Morgan fingerprint density at radius 3 is 2.89 bits per heavy atom. The summed E-state index contributed by atoms with van der Waals surface area (Å²) in [5.41, 5.74) is 7.02. The zero-order valence-corrected chi connectivity index (χ0v) is 11.6. The van der Waals surface area contributed by atoms with Gasteiger partial charge in [-0.3, -0.25) is 0 Å². The van der Waals surface area contributed by atoms with E-state index in [9.17, 15) is 4.39 Å². The van der Waals surface area contributed by atoms with E-state index < -0.39 is 0 Å². The lowest BCUT2D eigenvalue weighted by atomic mass is 10.1. The average Bonchev–Trinajstić information content (AvgIpc) is 2.66. The second-order valence-electron chi connectivity index (χ2n) is 4.03. The van der Waals surface area contributed by atoms with Gasteiger partial charge in [-0.25, -0.2) is 9.37 Å². The van der Waals surface area contributed by atoms with Gasteiger partial charge in [0.1, 0.15) is 5.82 Å². The number of benzene rings is 1. The van der Waals surface area contributed by atoms with Gasteiger partial charge in [-0.2, -0.15) is 0 Å². The van der Waals surface area contributed by atoms with E-state index in [2.05, 4.69) is 4.98 Å². The number of aryl methyl sites for hydroxylation is 1. The van der Waals surface area contributed by atoms with Crippen LogP contribution < -0.4 is 5.73 Å². The smallest absolute Gasteiger partial charge is 0.128 e. The number of rotatable bonds is 4.